The minimum absolute atomic E-state index is 0.285. The van der Waals surface area contributed by atoms with E-state index in [9.17, 15) is 0 Å². The first-order valence-electron chi connectivity index (χ1n) is 6.33. The molecule has 2 N–H and O–H groups in total. The van der Waals surface area contributed by atoms with Crippen molar-refractivity contribution in [1.29, 1.82) is 0 Å². The largest absolute Gasteiger partial charge is 0.327 e. The van der Waals surface area contributed by atoms with Crippen molar-refractivity contribution in [2.75, 3.05) is 0 Å². The lowest BCUT2D eigenvalue weighted by Crippen LogP contribution is -2.22. The van der Waals surface area contributed by atoms with Crippen molar-refractivity contribution in [3.63, 3.8) is 0 Å². The maximum absolute atomic E-state index is 6.14. The molecule has 1 aromatic rings. The normalized spacial score (nSPS) is 12.4. The summed E-state index contributed by atoms with van der Waals surface area (Å²) in [6.45, 7) is 3.73. The fourth-order valence-electron chi connectivity index (χ4n) is 1.94. The zero-order valence-corrected chi connectivity index (χ0v) is 12.0. The monoisotopic (exact) mass is 295 g/mol. The molecule has 0 saturated carbocycles. The fourth-order valence-corrected chi connectivity index (χ4v) is 2.39. The molecule has 1 unspecified atom stereocenters. The molecule has 1 atom stereocenters. The number of halogens is 1. The molecule has 0 spiro atoms. The molecule has 94 valence electrons. The molecule has 17 heavy (non-hydrogen) atoms. The molecular weight excluding hydrogens is 274 g/mol. The Bertz CT molecular complexity index is 335. The van der Waals surface area contributed by atoms with Crippen molar-refractivity contribution in [2.24, 2.45) is 5.73 Å². The molecule has 1 nitrogen and oxygen atoms in total. The maximum Gasteiger partial charge on any atom is 0.0178 e. The molecule has 2 heteroatoms. The van der Waals surface area contributed by atoms with E-state index in [-0.39, 0.29) is 6.04 Å². The molecule has 1 aromatic carbocycles. The smallest absolute Gasteiger partial charge is 0.0178 e. The van der Waals surface area contributed by atoms with E-state index in [0.29, 0.717) is 0 Å². The van der Waals surface area contributed by atoms with Crippen LogP contribution in [0.3, 0.4) is 0 Å². The number of nitrogens with two attached hydrogens (primary N) is 1. The minimum atomic E-state index is 0.285. The number of rotatable bonds is 8. The fraction of sp³-hybridized carbons (Fsp3) is 0.467. The average Bonchev–Trinajstić information content (AvgIpc) is 2.29. The quantitative estimate of drug-likeness (QED) is 0.556. The van der Waals surface area contributed by atoms with Gasteiger partial charge in [-0.15, -0.1) is 6.58 Å². The average molecular weight is 296 g/mol. The first-order chi connectivity index (χ1) is 8.22. The molecule has 0 radical (unpaired) electrons. The number of unbranched alkanes of at least 4 members (excludes halogenated alkanes) is 3. The van der Waals surface area contributed by atoms with Crippen LogP contribution in [0.25, 0.3) is 0 Å². The summed E-state index contributed by atoms with van der Waals surface area (Å²) in [6, 6.07) is 8.69. The minimum Gasteiger partial charge on any atom is -0.327 e. The van der Waals surface area contributed by atoms with Gasteiger partial charge < -0.3 is 5.73 Å². The highest BCUT2D eigenvalue weighted by Gasteiger charge is 2.04. The van der Waals surface area contributed by atoms with Crippen molar-refractivity contribution >= 4 is 15.9 Å². The molecule has 0 fully saturated rings. The highest BCUT2D eigenvalue weighted by atomic mass is 79.9. The second kappa shape index (κ2) is 8.48. The van der Waals surface area contributed by atoms with Crippen LogP contribution in [0, 0.1) is 0 Å². The van der Waals surface area contributed by atoms with Crippen molar-refractivity contribution in [3.8, 4) is 0 Å². The van der Waals surface area contributed by atoms with Gasteiger partial charge in [0.2, 0.25) is 0 Å². The predicted octanol–water partition coefficient (Wildman–Crippen LogP) is 4.46. The van der Waals surface area contributed by atoms with E-state index in [2.05, 4.69) is 40.7 Å². The van der Waals surface area contributed by atoms with Gasteiger partial charge in [-0.1, -0.05) is 47.0 Å². The van der Waals surface area contributed by atoms with E-state index in [0.717, 1.165) is 23.7 Å². The Morgan fingerprint density at radius 1 is 1.29 bits per heavy atom. The van der Waals surface area contributed by atoms with E-state index in [4.69, 9.17) is 5.73 Å². The standard InChI is InChI=1S/C15H22BrN/c1-2-3-4-5-6-10-15(17)12-13-8-7-9-14(16)11-13/h2,7-9,11,15H,1,3-6,10,12,17H2. The third-order valence-corrected chi connectivity index (χ3v) is 3.36. The van der Waals surface area contributed by atoms with Gasteiger partial charge in [-0.3, -0.25) is 0 Å². The summed E-state index contributed by atoms with van der Waals surface area (Å²) in [7, 11) is 0. The number of benzene rings is 1. The van der Waals surface area contributed by atoms with Crippen LogP contribution in [0.1, 0.15) is 37.7 Å². The third-order valence-electron chi connectivity index (χ3n) is 2.87. The van der Waals surface area contributed by atoms with Crippen LogP contribution < -0.4 is 5.73 Å². The molecule has 0 aliphatic carbocycles. The van der Waals surface area contributed by atoms with Crippen LogP contribution in [0.15, 0.2) is 41.4 Å². The summed E-state index contributed by atoms with van der Waals surface area (Å²) in [4.78, 5) is 0. The summed E-state index contributed by atoms with van der Waals surface area (Å²) in [6.07, 6.45) is 8.93. The topological polar surface area (TPSA) is 26.0 Å². The molecule has 0 aliphatic heterocycles. The number of hydrogen-bond donors (Lipinski definition) is 1. The van der Waals surface area contributed by atoms with Gasteiger partial charge in [0, 0.05) is 10.5 Å². The Balaban J connectivity index is 2.20. The SMILES string of the molecule is C=CCCCCCC(N)Cc1cccc(Br)c1. The Labute approximate surface area is 113 Å². The van der Waals surface area contributed by atoms with Crippen LogP contribution in [0.4, 0.5) is 0 Å². The van der Waals surface area contributed by atoms with E-state index in [1.165, 1.54) is 24.8 Å². The van der Waals surface area contributed by atoms with E-state index in [1.807, 2.05) is 12.1 Å². The highest BCUT2D eigenvalue weighted by Crippen LogP contribution is 2.14. The van der Waals surface area contributed by atoms with Gasteiger partial charge in [0.1, 0.15) is 0 Å². The zero-order chi connectivity index (χ0) is 12.5. The molecule has 0 bridgehead atoms. The molecule has 0 heterocycles. The van der Waals surface area contributed by atoms with Crippen LogP contribution >= 0.6 is 15.9 Å². The van der Waals surface area contributed by atoms with Gasteiger partial charge >= 0.3 is 0 Å². The second-order valence-electron chi connectivity index (χ2n) is 4.52. The van der Waals surface area contributed by atoms with Crippen LogP contribution in [0.5, 0.6) is 0 Å². The lowest BCUT2D eigenvalue weighted by Gasteiger charge is -2.11. The van der Waals surface area contributed by atoms with Crippen molar-refractivity contribution in [2.45, 2.75) is 44.6 Å². The van der Waals surface area contributed by atoms with Gasteiger partial charge in [0.25, 0.3) is 0 Å². The van der Waals surface area contributed by atoms with Crippen molar-refractivity contribution < 1.29 is 0 Å². The van der Waals surface area contributed by atoms with E-state index in [1.54, 1.807) is 0 Å². The molecule has 0 saturated heterocycles. The second-order valence-corrected chi connectivity index (χ2v) is 5.44. The molecule has 1 rings (SSSR count). The van der Waals surface area contributed by atoms with Gasteiger partial charge in [0.15, 0.2) is 0 Å². The van der Waals surface area contributed by atoms with Gasteiger partial charge in [0.05, 0.1) is 0 Å². The van der Waals surface area contributed by atoms with Gasteiger partial charge in [-0.25, -0.2) is 0 Å². The van der Waals surface area contributed by atoms with E-state index < -0.39 is 0 Å². The summed E-state index contributed by atoms with van der Waals surface area (Å²) in [5.74, 6) is 0. The lowest BCUT2D eigenvalue weighted by molar-refractivity contribution is 0.550. The highest BCUT2D eigenvalue weighted by molar-refractivity contribution is 9.10. The third kappa shape index (κ3) is 6.64. The maximum atomic E-state index is 6.14. The zero-order valence-electron chi connectivity index (χ0n) is 10.4. The van der Waals surface area contributed by atoms with Crippen LogP contribution in [-0.2, 0) is 6.42 Å². The Kier molecular flexibility index (Phi) is 7.22. The van der Waals surface area contributed by atoms with Gasteiger partial charge in [-0.2, -0.15) is 0 Å². The lowest BCUT2D eigenvalue weighted by atomic mass is 10.0. The van der Waals surface area contributed by atoms with E-state index >= 15 is 0 Å². The Morgan fingerprint density at radius 3 is 2.82 bits per heavy atom. The Morgan fingerprint density at radius 2 is 2.12 bits per heavy atom. The Hall–Kier alpha value is -0.600. The predicted molar refractivity (Wildman–Crippen MR) is 79.1 cm³/mol. The van der Waals surface area contributed by atoms with Crippen LogP contribution in [0.2, 0.25) is 0 Å². The first kappa shape index (κ1) is 14.5. The molecular formula is C15H22BrN. The number of hydrogen-bond acceptors (Lipinski definition) is 1. The summed E-state index contributed by atoms with van der Waals surface area (Å²) >= 11 is 3.48. The molecule has 0 aliphatic rings. The summed E-state index contributed by atoms with van der Waals surface area (Å²) in [5.41, 5.74) is 7.45. The summed E-state index contributed by atoms with van der Waals surface area (Å²) in [5, 5.41) is 0. The van der Waals surface area contributed by atoms with Crippen molar-refractivity contribution in [3.05, 3.63) is 47.0 Å². The molecule has 0 aromatic heterocycles. The van der Waals surface area contributed by atoms with Gasteiger partial charge in [-0.05, 0) is 43.4 Å². The number of allylic oxidation sites excluding steroid dienone is 1. The van der Waals surface area contributed by atoms with Crippen LogP contribution in [-0.4, -0.2) is 6.04 Å². The first-order valence-corrected chi connectivity index (χ1v) is 7.12. The molecule has 0 amide bonds. The van der Waals surface area contributed by atoms with Crippen molar-refractivity contribution in [1.82, 2.24) is 0 Å². The summed E-state index contributed by atoms with van der Waals surface area (Å²) < 4.78 is 1.13.